The molecule has 3 aromatic rings. The van der Waals surface area contributed by atoms with Gasteiger partial charge >= 0.3 is 5.97 Å². The van der Waals surface area contributed by atoms with E-state index >= 15 is 0 Å². The van der Waals surface area contributed by atoms with Gasteiger partial charge in [0.2, 0.25) is 0 Å². The Kier molecular flexibility index (Phi) is 13.0. The van der Waals surface area contributed by atoms with Crippen LogP contribution in [0.15, 0.2) is 65.5 Å². The van der Waals surface area contributed by atoms with Crippen LogP contribution in [0, 0.1) is 13.8 Å². The first-order chi connectivity index (χ1) is 17.8. The Balaban J connectivity index is 0.000000271. The number of carbonyl (C=O) groups excluding carboxylic acids is 2. The molecule has 3 rings (SSSR count). The molecule has 0 aliphatic heterocycles. The quantitative estimate of drug-likeness (QED) is 0.263. The highest BCUT2D eigenvalue weighted by Gasteiger charge is 2.06. The Morgan fingerprint density at radius 3 is 2.30 bits per heavy atom. The number of unbranched alkanes of at least 4 members (excludes halogenated alkanes) is 1. The second-order valence-electron chi connectivity index (χ2n) is 8.93. The van der Waals surface area contributed by atoms with Gasteiger partial charge in [0.05, 0.1) is 25.3 Å². The lowest BCUT2D eigenvalue weighted by atomic mass is 10.0. The molecule has 0 unspecified atom stereocenters. The van der Waals surface area contributed by atoms with E-state index in [0.717, 1.165) is 41.8 Å². The van der Waals surface area contributed by atoms with Gasteiger partial charge in [-0.3, -0.25) is 14.4 Å². The molecule has 0 N–H and O–H groups in total. The van der Waals surface area contributed by atoms with Crippen LogP contribution in [-0.2, 0) is 38.4 Å². The number of hydrogen-bond acceptors (Lipinski definition) is 6. The van der Waals surface area contributed by atoms with E-state index in [0.29, 0.717) is 31.8 Å². The second kappa shape index (κ2) is 16.2. The van der Waals surface area contributed by atoms with Crippen molar-refractivity contribution in [3.05, 3.63) is 99.0 Å². The molecule has 0 saturated carbocycles. The number of hydrogen-bond donors (Lipinski definition) is 0. The fourth-order valence-electron chi connectivity index (χ4n) is 3.76. The van der Waals surface area contributed by atoms with E-state index in [1.54, 1.807) is 20.1 Å². The monoisotopic (exact) mass is 506 g/mol. The molecule has 1 aromatic heterocycles. The number of benzene rings is 2. The maximum absolute atomic E-state index is 11.7. The smallest absolute Gasteiger partial charge is 0.310 e. The van der Waals surface area contributed by atoms with E-state index in [9.17, 15) is 14.4 Å². The third-order valence-electron chi connectivity index (χ3n) is 5.52. The number of Topliss-reactive ketones (excluding diaryl/α,β-unsaturated/α-hetero) is 1. The Morgan fingerprint density at radius 1 is 0.892 bits per heavy atom. The van der Waals surface area contributed by atoms with E-state index in [-0.39, 0.29) is 17.9 Å². The molecular formula is C30H38N2O5. The zero-order valence-corrected chi connectivity index (χ0v) is 22.4. The summed E-state index contributed by atoms with van der Waals surface area (Å²) in [6, 6.07) is 18.9. The average molecular weight is 507 g/mol. The van der Waals surface area contributed by atoms with Crippen molar-refractivity contribution in [3.8, 4) is 0 Å². The summed E-state index contributed by atoms with van der Waals surface area (Å²) in [5.74, 6) is 0.0715. The number of rotatable bonds is 12. The summed E-state index contributed by atoms with van der Waals surface area (Å²) in [6.07, 6.45) is 3.36. The normalized spacial score (nSPS) is 10.4. The van der Waals surface area contributed by atoms with Crippen molar-refractivity contribution < 1.29 is 19.1 Å². The van der Waals surface area contributed by atoms with Crippen LogP contribution in [0.25, 0.3) is 0 Å². The van der Waals surface area contributed by atoms with Crippen molar-refractivity contribution in [3.63, 3.8) is 0 Å². The van der Waals surface area contributed by atoms with Crippen LogP contribution in [0.2, 0.25) is 0 Å². The Morgan fingerprint density at radius 2 is 1.59 bits per heavy atom. The molecule has 0 radical (unpaired) electrons. The molecule has 0 saturated heterocycles. The van der Waals surface area contributed by atoms with Gasteiger partial charge in [-0.25, -0.2) is 4.68 Å². The van der Waals surface area contributed by atoms with Crippen molar-refractivity contribution in [1.82, 2.24) is 9.78 Å². The Bertz CT molecular complexity index is 1200. The van der Waals surface area contributed by atoms with E-state index in [1.165, 1.54) is 16.3 Å². The molecule has 0 spiro atoms. The van der Waals surface area contributed by atoms with Gasteiger partial charge in [-0.2, -0.15) is 5.10 Å². The van der Waals surface area contributed by atoms with E-state index in [4.69, 9.17) is 9.47 Å². The third-order valence-corrected chi connectivity index (χ3v) is 5.52. The van der Waals surface area contributed by atoms with Gasteiger partial charge < -0.3 is 9.47 Å². The van der Waals surface area contributed by atoms with Crippen LogP contribution >= 0.6 is 0 Å². The van der Waals surface area contributed by atoms with Gasteiger partial charge in [-0.05, 0) is 56.4 Å². The number of aromatic nitrogens is 2. The summed E-state index contributed by atoms with van der Waals surface area (Å²) in [6.45, 7) is 7.18. The van der Waals surface area contributed by atoms with Gasteiger partial charge in [-0.1, -0.05) is 54.1 Å². The molecule has 37 heavy (non-hydrogen) atoms. The summed E-state index contributed by atoms with van der Waals surface area (Å²) in [5, 5.41) is 4.20. The minimum atomic E-state index is -0.250. The zero-order chi connectivity index (χ0) is 27.0. The van der Waals surface area contributed by atoms with Crippen molar-refractivity contribution in [2.24, 2.45) is 0 Å². The molecule has 0 atom stereocenters. The number of nitrogens with zero attached hydrogens (tertiary/aromatic N) is 2. The van der Waals surface area contributed by atoms with Crippen LogP contribution in [0.1, 0.15) is 54.1 Å². The Labute approximate surface area is 219 Å². The number of aryl methyl sites for hydroxylation is 2. The van der Waals surface area contributed by atoms with Crippen molar-refractivity contribution in [2.45, 2.75) is 59.4 Å². The maximum atomic E-state index is 11.7. The highest BCUT2D eigenvalue weighted by Crippen LogP contribution is 2.09. The molecule has 0 fully saturated rings. The van der Waals surface area contributed by atoms with Crippen LogP contribution in [0.3, 0.4) is 0 Å². The van der Waals surface area contributed by atoms with Gasteiger partial charge in [-0.15, -0.1) is 0 Å². The first kappa shape index (κ1) is 29.6. The molecule has 7 heteroatoms. The van der Waals surface area contributed by atoms with Crippen LogP contribution in [0.4, 0.5) is 0 Å². The molecule has 7 nitrogen and oxygen atoms in total. The highest BCUT2D eigenvalue weighted by molar-refractivity contribution is 5.80. The molecule has 2 aromatic carbocycles. The fourth-order valence-corrected chi connectivity index (χ4v) is 3.76. The largest absolute Gasteiger partial charge is 0.466 e. The SMILES string of the molecule is CCOC(=O)Cc1cccc(Cn2nc(C)ccc2=O)c1.COCCCCC(=O)Cc1cccc(C)c1. The van der Waals surface area contributed by atoms with Gasteiger partial charge in [0.15, 0.2) is 0 Å². The lowest BCUT2D eigenvalue weighted by molar-refractivity contribution is -0.142. The molecule has 1 heterocycles. The van der Waals surface area contributed by atoms with Crippen molar-refractivity contribution >= 4 is 11.8 Å². The van der Waals surface area contributed by atoms with E-state index in [1.807, 2.05) is 56.3 Å². The molecule has 198 valence electrons. The molecule has 0 aliphatic carbocycles. The summed E-state index contributed by atoms with van der Waals surface area (Å²) >= 11 is 0. The van der Waals surface area contributed by atoms with Crippen molar-refractivity contribution in [1.29, 1.82) is 0 Å². The standard InChI is InChI=1S/C16H18N2O3.C14H20O2/c1-3-21-16(20)10-13-5-4-6-14(9-13)11-18-15(19)8-7-12(2)17-18;1-12-6-5-7-13(10-12)11-14(15)8-3-4-9-16-2/h4-9H,3,10-11H2,1-2H3;5-7,10H,3-4,8-9,11H2,1-2H3. The summed E-state index contributed by atoms with van der Waals surface area (Å²) in [4.78, 5) is 34.9. The average Bonchev–Trinajstić information content (AvgIpc) is 2.85. The predicted molar refractivity (Wildman–Crippen MR) is 145 cm³/mol. The molecular weight excluding hydrogens is 468 g/mol. The van der Waals surface area contributed by atoms with Crippen molar-refractivity contribution in [2.75, 3.05) is 20.3 Å². The number of esters is 1. The lowest BCUT2D eigenvalue weighted by Crippen LogP contribution is -2.23. The van der Waals surface area contributed by atoms with E-state index < -0.39 is 0 Å². The Hall–Kier alpha value is -3.58. The van der Waals surface area contributed by atoms with Gasteiger partial charge in [0, 0.05) is 32.6 Å². The predicted octanol–water partition coefficient (Wildman–Crippen LogP) is 4.63. The van der Waals surface area contributed by atoms with Gasteiger partial charge in [0.25, 0.3) is 5.56 Å². The number of ether oxygens (including phenoxy) is 2. The van der Waals surface area contributed by atoms with Gasteiger partial charge in [0.1, 0.15) is 5.78 Å². The molecule has 0 bridgehead atoms. The topological polar surface area (TPSA) is 87.5 Å². The lowest BCUT2D eigenvalue weighted by Gasteiger charge is -2.07. The van der Waals surface area contributed by atoms with Crippen LogP contribution < -0.4 is 5.56 Å². The molecule has 0 amide bonds. The van der Waals surface area contributed by atoms with Crippen LogP contribution in [0.5, 0.6) is 0 Å². The highest BCUT2D eigenvalue weighted by atomic mass is 16.5. The minimum Gasteiger partial charge on any atom is -0.466 e. The molecule has 0 aliphatic rings. The minimum absolute atomic E-state index is 0.142. The second-order valence-corrected chi connectivity index (χ2v) is 8.93. The van der Waals surface area contributed by atoms with E-state index in [2.05, 4.69) is 11.2 Å². The summed E-state index contributed by atoms with van der Waals surface area (Å²) < 4.78 is 11.3. The number of methoxy groups -OCH3 is 1. The first-order valence-corrected chi connectivity index (χ1v) is 12.6. The maximum Gasteiger partial charge on any atom is 0.310 e. The third kappa shape index (κ3) is 11.8. The first-order valence-electron chi connectivity index (χ1n) is 12.6. The fraction of sp³-hybridized carbons (Fsp3) is 0.400. The number of ketones is 1. The summed E-state index contributed by atoms with van der Waals surface area (Å²) in [7, 11) is 1.69. The van der Waals surface area contributed by atoms with Crippen LogP contribution in [-0.4, -0.2) is 41.9 Å². The zero-order valence-electron chi connectivity index (χ0n) is 22.4. The number of carbonyl (C=O) groups is 2. The summed E-state index contributed by atoms with van der Waals surface area (Å²) in [5.41, 5.74) is 4.78.